The molecule has 1 fully saturated rings. The third-order valence-corrected chi connectivity index (χ3v) is 6.63. The Morgan fingerprint density at radius 1 is 1.03 bits per heavy atom. The van der Waals surface area contributed by atoms with E-state index in [1.807, 2.05) is 18.2 Å². The minimum absolute atomic E-state index is 0.0162. The van der Waals surface area contributed by atoms with Crippen LogP contribution in [-0.4, -0.2) is 18.4 Å². The number of hydrogen-bond acceptors (Lipinski definition) is 3. The van der Waals surface area contributed by atoms with Gasteiger partial charge in [-0.05, 0) is 74.8 Å². The Morgan fingerprint density at radius 2 is 1.76 bits per heavy atom. The number of hydrogen-bond donors (Lipinski definition) is 0. The van der Waals surface area contributed by atoms with Gasteiger partial charge in [-0.25, -0.2) is 0 Å². The van der Waals surface area contributed by atoms with Crippen LogP contribution in [0.15, 0.2) is 48.6 Å². The molecule has 0 saturated heterocycles. The Balaban J connectivity index is 1.67. The summed E-state index contributed by atoms with van der Waals surface area (Å²) in [6.07, 6.45) is 15.2. The first-order valence-corrected chi connectivity index (χ1v) is 11.2. The Bertz CT molecular complexity index is 753. The highest BCUT2D eigenvalue weighted by atomic mass is 16.5. The smallest absolute Gasteiger partial charge is 0.316 e. The molecule has 2 unspecified atom stereocenters. The molecule has 0 amide bonds. The van der Waals surface area contributed by atoms with Crippen molar-refractivity contribution in [3.05, 3.63) is 59.7 Å². The van der Waals surface area contributed by atoms with Gasteiger partial charge in [-0.3, -0.25) is 9.59 Å². The summed E-state index contributed by atoms with van der Waals surface area (Å²) in [6.45, 7) is 4.22. The summed E-state index contributed by atoms with van der Waals surface area (Å²) in [4.78, 5) is 26.1. The average Bonchev–Trinajstić information content (AvgIpc) is 2.78. The van der Waals surface area contributed by atoms with E-state index in [0.29, 0.717) is 24.9 Å². The van der Waals surface area contributed by atoms with Crippen molar-refractivity contribution in [2.45, 2.75) is 58.8 Å². The molecule has 1 aromatic carbocycles. The fraction of sp³-hybridized carbons (Fsp3) is 0.538. The molecule has 0 bridgehead atoms. The molecule has 0 N–H and O–H groups in total. The van der Waals surface area contributed by atoms with Crippen molar-refractivity contribution in [2.75, 3.05) is 6.61 Å². The van der Waals surface area contributed by atoms with Crippen molar-refractivity contribution < 1.29 is 14.3 Å². The van der Waals surface area contributed by atoms with Crippen molar-refractivity contribution in [3.8, 4) is 0 Å². The number of Topliss-reactive ketones (excluding diaryl/α,β-unsaturated/α-hetero) is 1. The van der Waals surface area contributed by atoms with Crippen LogP contribution >= 0.6 is 0 Å². The number of ether oxygens (including phenoxy) is 1. The first-order chi connectivity index (χ1) is 14.1. The number of ketones is 1. The minimum atomic E-state index is -0.679. The zero-order valence-corrected chi connectivity index (χ0v) is 17.8. The predicted octanol–water partition coefficient (Wildman–Crippen LogP) is 5.48. The van der Waals surface area contributed by atoms with E-state index in [1.54, 1.807) is 6.92 Å². The molecule has 29 heavy (non-hydrogen) atoms. The third-order valence-electron chi connectivity index (χ3n) is 6.63. The van der Waals surface area contributed by atoms with Crippen LogP contribution in [0.2, 0.25) is 0 Å². The quantitative estimate of drug-likeness (QED) is 0.433. The lowest BCUT2D eigenvalue weighted by molar-refractivity contribution is -0.153. The van der Waals surface area contributed by atoms with Gasteiger partial charge in [0.05, 0.1) is 6.61 Å². The van der Waals surface area contributed by atoms with Gasteiger partial charge in [-0.15, -0.1) is 0 Å². The van der Waals surface area contributed by atoms with Crippen molar-refractivity contribution in [1.29, 1.82) is 0 Å². The van der Waals surface area contributed by atoms with Gasteiger partial charge in [0, 0.05) is 5.92 Å². The molecular formula is C26H34O3. The number of esters is 1. The summed E-state index contributed by atoms with van der Waals surface area (Å²) in [5.74, 6) is 0.299. The number of rotatable bonds is 8. The molecule has 1 aromatic rings. The molecule has 3 nitrogen and oxygen atoms in total. The molecular weight excluding hydrogens is 360 g/mol. The van der Waals surface area contributed by atoms with Crippen molar-refractivity contribution >= 4 is 11.8 Å². The van der Waals surface area contributed by atoms with Crippen molar-refractivity contribution in [2.24, 2.45) is 23.7 Å². The van der Waals surface area contributed by atoms with Crippen LogP contribution in [0.25, 0.3) is 0 Å². The summed E-state index contributed by atoms with van der Waals surface area (Å²) in [5, 5.41) is 0. The molecule has 0 aliphatic heterocycles. The van der Waals surface area contributed by atoms with Crippen LogP contribution in [0.4, 0.5) is 0 Å². The summed E-state index contributed by atoms with van der Waals surface area (Å²) in [5.41, 5.74) is 2.30. The molecule has 0 heterocycles. The second kappa shape index (κ2) is 10.6. The molecule has 0 radical (unpaired) electrons. The van der Waals surface area contributed by atoms with Crippen LogP contribution in [0.5, 0.6) is 0 Å². The second-order valence-electron chi connectivity index (χ2n) is 8.36. The SMILES string of the molecule is CCOC(=O)C(Cc1ccccc1CC)C(=O)C1CCC(C2C=CC=CC2)CC1. The average molecular weight is 395 g/mol. The molecule has 2 aliphatic rings. The maximum Gasteiger partial charge on any atom is 0.316 e. The van der Waals surface area contributed by atoms with Gasteiger partial charge in [0.2, 0.25) is 0 Å². The molecule has 0 aromatic heterocycles. The molecule has 156 valence electrons. The summed E-state index contributed by atoms with van der Waals surface area (Å²) in [7, 11) is 0. The van der Waals surface area contributed by atoms with E-state index in [-0.39, 0.29) is 17.7 Å². The minimum Gasteiger partial charge on any atom is -0.465 e. The third kappa shape index (κ3) is 5.46. The summed E-state index contributed by atoms with van der Waals surface area (Å²) in [6, 6.07) is 8.12. The van der Waals surface area contributed by atoms with Crippen molar-refractivity contribution in [3.63, 3.8) is 0 Å². The Kier molecular flexibility index (Phi) is 7.85. The Labute approximate surface area is 175 Å². The van der Waals surface area contributed by atoms with Gasteiger partial charge in [0.1, 0.15) is 5.92 Å². The largest absolute Gasteiger partial charge is 0.465 e. The first-order valence-electron chi connectivity index (χ1n) is 11.2. The van der Waals surface area contributed by atoms with Gasteiger partial charge >= 0.3 is 5.97 Å². The molecule has 0 spiro atoms. The zero-order chi connectivity index (χ0) is 20.6. The normalized spacial score (nSPS) is 24.8. The maximum absolute atomic E-state index is 13.4. The van der Waals surface area contributed by atoms with E-state index >= 15 is 0 Å². The van der Waals surface area contributed by atoms with E-state index in [9.17, 15) is 9.59 Å². The highest BCUT2D eigenvalue weighted by Crippen LogP contribution is 2.38. The molecule has 3 heteroatoms. The van der Waals surface area contributed by atoms with E-state index in [4.69, 9.17) is 4.74 Å². The summed E-state index contributed by atoms with van der Waals surface area (Å²) >= 11 is 0. The van der Waals surface area contributed by atoms with Crippen LogP contribution in [0.1, 0.15) is 57.1 Å². The summed E-state index contributed by atoms with van der Waals surface area (Å²) < 4.78 is 5.30. The second-order valence-corrected chi connectivity index (χ2v) is 8.36. The van der Waals surface area contributed by atoms with E-state index < -0.39 is 5.92 Å². The lowest BCUT2D eigenvalue weighted by Gasteiger charge is -2.33. The lowest BCUT2D eigenvalue weighted by Crippen LogP contribution is -2.35. The standard InChI is InChI=1S/C26H34O3/c1-3-19-10-8-9-13-23(19)18-24(26(28)29-4-2)25(27)22-16-14-21(15-17-22)20-11-6-5-7-12-20/h5-11,13,20-22,24H,3-4,12,14-18H2,1-2H3. The number of allylic oxidation sites excluding steroid dienone is 4. The van der Waals surface area contributed by atoms with Gasteiger partial charge in [0.15, 0.2) is 5.78 Å². The van der Waals surface area contributed by atoms with Crippen LogP contribution in [0, 0.1) is 23.7 Å². The van der Waals surface area contributed by atoms with Gasteiger partial charge in [-0.2, -0.15) is 0 Å². The van der Waals surface area contributed by atoms with Crippen molar-refractivity contribution in [1.82, 2.24) is 0 Å². The molecule has 3 rings (SSSR count). The van der Waals surface area contributed by atoms with E-state index in [1.165, 1.54) is 5.56 Å². The van der Waals surface area contributed by atoms with Crippen LogP contribution in [-0.2, 0) is 27.2 Å². The highest BCUT2D eigenvalue weighted by molar-refractivity contribution is 6.00. The van der Waals surface area contributed by atoms with Crippen LogP contribution < -0.4 is 0 Å². The lowest BCUT2D eigenvalue weighted by atomic mass is 9.71. The number of benzene rings is 1. The maximum atomic E-state index is 13.4. The van der Waals surface area contributed by atoms with E-state index in [0.717, 1.165) is 44.1 Å². The molecule has 2 atom stereocenters. The molecule has 2 aliphatic carbocycles. The van der Waals surface area contributed by atoms with Crippen LogP contribution in [0.3, 0.4) is 0 Å². The topological polar surface area (TPSA) is 43.4 Å². The number of carbonyl (C=O) groups excluding carboxylic acids is 2. The predicted molar refractivity (Wildman–Crippen MR) is 116 cm³/mol. The van der Waals surface area contributed by atoms with Gasteiger partial charge < -0.3 is 4.74 Å². The van der Waals surface area contributed by atoms with Gasteiger partial charge in [0.25, 0.3) is 0 Å². The van der Waals surface area contributed by atoms with Gasteiger partial charge in [-0.1, -0.05) is 55.5 Å². The highest BCUT2D eigenvalue weighted by Gasteiger charge is 2.37. The number of carbonyl (C=O) groups is 2. The fourth-order valence-corrected chi connectivity index (χ4v) is 4.93. The first kappa shape index (κ1) is 21.5. The fourth-order valence-electron chi connectivity index (χ4n) is 4.93. The zero-order valence-electron chi connectivity index (χ0n) is 17.8. The Hall–Kier alpha value is -2.16. The molecule has 1 saturated carbocycles. The number of aryl methyl sites for hydroxylation is 1. The Morgan fingerprint density at radius 3 is 2.38 bits per heavy atom. The van der Waals surface area contributed by atoms with E-state index in [2.05, 4.69) is 37.3 Å². The monoisotopic (exact) mass is 394 g/mol.